The molecule has 0 spiro atoms. The van der Waals surface area contributed by atoms with Gasteiger partial charge in [0.2, 0.25) is 0 Å². The number of nitrogens with zero attached hydrogens (tertiary/aromatic N) is 2. The number of ether oxygens (including phenoxy) is 2. The number of hydrogen-bond donors (Lipinski definition) is 2. The average Bonchev–Trinajstić information content (AvgIpc) is 3.04. The summed E-state index contributed by atoms with van der Waals surface area (Å²) >= 11 is 0. The van der Waals surface area contributed by atoms with Gasteiger partial charge in [0, 0.05) is 14.1 Å². The number of aliphatic hydroxyl groups excluding tert-OH is 2. The van der Waals surface area contributed by atoms with E-state index < -0.39 is 18.2 Å². The van der Waals surface area contributed by atoms with Gasteiger partial charge in [-0.15, -0.1) is 0 Å². The molecule has 120 valence electrons. The molecule has 2 aliphatic rings. The van der Waals surface area contributed by atoms with E-state index in [1.165, 1.54) is 0 Å². The molecule has 6 nitrogen and oxygen atoms in total. The molecule has 22 heavy (non-hydrogen) atoms. The fourth-order valence-corrected chi connectivity index (χ4v) is 2.99. The average molecular weight is 306 g/mol. The lowest BCUT2D eigenvalue weighted by Crippen LogP contribution is -2.34. The Bertz CT molecular complexity index is 534. The maximum atomic E-state index is 10.2. The van der Waals surface area contributed by atoms with Crippen LogP contribution < -0.4 is 0 Å². The number of benzene rings is 1. The molecule has 0 bridgehead atoms. The van der Waals surface area contributed by atoms with E-state index in [1.807, 2.05) is 44.4 Å². The molecule has 1 saturated carbocycles. The molecule has 2 N–H and O–H groups in total. The number of amidine groups is 1. The second kappa shape index (κ2) is 6.24. The van der Waals surface area contributed by atoms with E-state index in [0.717, 1.165) is 5.56 Å². The first kappa shape index (κ1) is 15.3. The highest BCUT2D eigenvalue weighted by Crippen LogP contribution is 2.36. The second-order valence-electron chi connectivity index (χ2n) is 6.02. The molecule has 6 heteroatoms. The Morgan fingerprint density at radius 3 is 2.59 bits per heavy atom. The summed E-state index contributed by atoms with van der Waals surface area (Å²) in [6.07, 6.45) is -2.12. The van der Waals surface area contributed by atoms with Crippen molar-refractivity contribution in [2.24, 2.45) is 10.9 Å². The van der Waals surface area contributed by atoms with E-state index in [9.17, 15) is 10.2 Å². The third-order valence-electron chi connectivity index (χ3n) is 4.20. The molecule has 0 radical (unpaired) electrons. The summed E-state index contributed by atoms with van der Waals surface area (Å²) in [4.78, 5) is 6.12. The maximum Gasteiger partial charge on any atom is 0.287 e. The standard InChI is InChI=1S/C16H22N2O4/c1-18(2)16-17-12-14(20)13(19)11(15(12)22-16)9-21-8-10-6-4-3-5-7-10/h3-7,11-15,19-20H,8-9H2,1-2H3/t11?,12?,13-,14?,15?/m1/s1. The molecule has 1 heterocycles. The normalized spacial score (nSPS) is 33.3. The summed E-state index contributed by atoms with van der Waals surface area (Å²) in [7, 11) is 3.67. The molecular weight excluding hydrogens is 284 g/mol. The fourth-order valence-electron chi connectivity index (χ4n) is 2.99. The van der Waals surface area contributed by atoms with Crippen LogP contribution in [-0.2, 0) is 16.1 Å². The molecule has 0 amide bonds. The molecule has 1 fully saturated rings. The van der Waals surface area contributed by atoms with Crippen LogP contribution >= 0.6 is 0 Å². The van der Waals surface area contributed by atoms with Gasteiger partial charge in [0.15, 0.2) is 0 Å². The highest BCUT2D eigenvalue weighted by molar-refractivity contribution is 5.75. The van der Waals surface area contributed by atoms with Crippen LogP contribution in [0.5, 0.6) is 0 Å². The van der Waals surface area contributed by atoms with Crippen molar-refractivity contribution in [3.8, 4) is 0 Å². The first-order chi connectivity index (χ1) is 10.6. The third kappa shape index (κ3) is 2.82. The van der Waals surface area contributed by atoms with Crippen molar-refractivity contribution in [2.75, 3.05) is 20.7 Å². The molecule has 1 aliphatic carbocycles. The van der Waals surface area contributed by atoms with Crippen LogP contribution in [-0.4, -0.2) is 66.2 Å². The Morgan fingerprint density at radius 2 is 1.91 bits per heavy atom. The van der Waals surface area contributed by atoms with Crippen LogP contribution in [0, 0.1) is 5.92 Å². The minimum Gasteiger partial charge on any atom is -0.459 e. The van der Waals surface area contributed by atoms with E-state index >= 15 is 0 Å². The van der Waals surface area contributed by atoms with Gasteiger partial charge in [-0.25, -0.2) is 4.99 Å². The topological polar surface area (TPSA) is 74.5 Å². The van der Waals surface area contributed by atoms with Crippen molar-refractivity contribution in [3.05, 3.63) is 35.9 Å². The summed E-state index contributed by atoms with van der Waals surface area (Å²) in [5.74, 6) is -0.287. The number of rotatable bonds is 4. The minimum absolute atomic E-state index is 0.287. The Morgan fingerprint density at radius 1 is 1.18 bits per heavy atom. The van der Waals surface area contributed by atoms with Crippen molar-refractivity contribution in [1.29, 1.82) is 0 Å². The van der Waals surface area contributed by atoms with Gasteiger partial charge >= 0.3 is 0 Å². The lowest BCUT2D eigenvalue weighted by atomic mass is 10.0. The summed E-state index contributed by atoms with van der Waals surface area (Å²) in [5, 5.41) is 20.3. The zero-order chi connectivity index (χ0) is 15.7. The van der Waals surface area contributed by atoms with Crippen molar-refractivity contribution < 1.29 is 19.7 Å². The van der Waals surface area contributed by atoms with E-state index in [4.69, 9.17) is 9.47 Å². The van der Waals surface area contributed by atoms with Gasteiger partial charge in [-0.3, -0.25) is 0 Å². The molecule has 1 aromatic rings. The van der Waals surface area contributed by atoms with Gasteiger partial charge < -0.3 is 24.6 Å². The van der Waals surface area contributed by atoms with E-state index in [0.29, 0.717) is 19.2 Å². The van der Waals surface area contributed by atoms with Crippen molar-refractivity contribution in [1.82, 2.24) is 4.90 Å². The molecule has 0 saturated heterocycles. The SMILES string of the molecule is CN(C)C1=NC2C(O1)C(COCc1ccccc1)[C@@H](O)C2O. The molecule has 1 aromatic carbocycles. The van der Waals surface area contributed by atoms with Crippen LogP contribution in [0.4, 0.5) is 0 Å². The fraction of sp³-hybridized carbons (Fsp3) is 0.562. The van der Waals surface area contributed by atoms with Crippen LogP contribution in [0.2, 0.25) is 0 Å². The molecule has 5 atom stereocenters. The van der Waals surface area contributed by atoms with Crippen LogP contribution in [0.3, 0.4) is 0 Å². The van der Waals surface area contributed by atoms with E-state index in [-0.39, 0.29) is 12.0 Å². The number of hydrogen-bond acceptors (Lipinski definition) is 6. The van der Waals surface area contributed by atoms with Crippen LogP contribution in [0.15, 0.2) is 35.3 Å². The van der Waals surface area contributed by atoms with Crippen LogP contribution in [0.25, 0.3) is 0 Å². The number of aliphatic imine (C=N–C) groups is 1. The molecule has 3 rings (SSSR count). The zero-order valence-corrected chi connectivity index (χ0v) is 12.8. The lowest BCUT2D eigenvalue weighted by Gasteiger charge is -2.22. The van der Waals surface area contributed by atoms with Crippen LogP contribution in [0.1, 0.15) is 5.56 Å². The minimum atomic E-state index is -0.909. The Labute approximate surface area is 130 Å². The number of fused-ring (bicyclic) bond motifs is 1. The zero-order valence-electron chi connectivity index (χ0n) is 12.8. The van der Waals surface area contributed by atoms with Crippen molar-refractivity contribution >= 4 is 6.02 Å². The Kier molecular flexibility index (Phi) is 4.33. The molecule has 4 unspecified atom stereocenters. The molecule has 1 aliphatic heterocycles. The van der Waals surface area contributed by atoms with Gasteiger partial charge in [-0.2, -0.15) is 0 Å². The summed E-state index contributed by atoms with van der Waals surface area (Å²) in [6, 6.07) is 9.93. The highest BCUT2D eigenvalue weighted by Gasteiger charge is 2.54. The second-order valence-corrected chi connectivity index (χ2v) is 6.02. The monoisotopic (exact) mass is 306 g/mol. The quantitative estimate of drug-likeness (QED) is 0.833. The van der Waals surface area contributed by atoms with Gasteiger partial charge in [-0.1, -0.05) is 30.3 Å². The maximum absolute atomic E-state index is 10.2. The number of aliphatic hydroxyl groups is 2. The smallest absolute Gasteiger partial charge is 0.287 e. The first-order valence-corrected chi connectivity index (χ1v) is 7.47. The summed E-state index contributed by atoms with van der Waals surface area (Å²) in [5.41, 5.74) is 1.07. The first-order valence-electron chi connectivity index (χ1n) is 7.47. The van der Waals surface area contributed by atoms with Crippen molar-refractivity contribution in [3.63, 3.8) is 0 Å². The molecule has 0 aromatic heterocycles. The summed E-state index contributed by atoms with van der Waals surface area (Å²) < 4.78 is 11.5. The van der Waals surface area contributed by atoms with E-state index in [2.05, 4.69) is 4.99 Å². The van der Waals surface area contributed by atoms with E-state index in [1.54, 1.807) is 4.90 Å². The lowest BCUT2D eigenvalue weighted by molar-refractivity contribution is -0.0291. The van der Waals surface area contributed by atoms with Crippen molar-refractivity contribution in [2.45, 2.75) is 31.0 Å². The van der Waals surface area contributed by atoms with Gasteiger partial charge in [0.1, 0.15) is 18.2 Å². The largest absolute Gasteiger partial charge is 0.459 e. The Balaban J connectivity index is 1.60. The highest BCUT2D eigenvalue weighted by atomic mass is 16.5. The predicted octanol–water partition coefficient (Wildman–Crippen LogP) is 0.240. The third-order valence-corrected chi connectivity index (χ3v) is 4.20. The Hall–Kier alpha value is -1.63. The molecular formula is C16H22N2O4. The van der Waals surface area contributed by atoms with Gasteiger partial charge in [0.05, 0.1) is 25.2 Å². The van der Waals surface area contributed by atoms with Gasteiger partial charge in [-0.05, 0) is 5.56 Å². The predicted molar refractivity (Wildman–Crippen MR) is 81.4 cm³/mol. The van der Waals surface area contributed by atoms with Gasteiger partial charge in [0.25, 0.3) is 6.02 Å². The summed E-state index contributed by atoms with van der Waals surface area (Å²) in [6.45, 7) is 0.795.